The molecule has 0 fully saturated rings. The Morgan fingerprint density at radius 1 is 1.04 bits per heavy atom. The average Bonchev–Trinajstić information content (AvgIpc) is 2.57. The number of nitrogens with one attached hydrogen (secondary N) is 2. The first-order valence-electron chi connectivity index (χ1n) is 7.65. The van der Waals surface area contributed by atoms with Crippen molar-refractivity contribution in [2.24, 2.45) is 0 Å². The van der Waals surface area contributed by atoms with Crippen LogP contribution >= 0.6 is 23.2 Å². The summed E-state index contributed by atoms with van der Waals surface area (Å²) >= 11 is 11.7. The van der Waals surface area contributed by atoms with Crippen molar-refractivity contribution in [3.63, 3.8) is 0 Å². The van der Waals surface area contributed by atoms with Crippen LogP contribution in [-0.4, -0.2) is 20.9 Å². The Morgan fingerprint density at radius 2 is 1.72 bits per heavy atom. The van der Waals surface area contributed by atoms with Crippen LogP contribution in [0.4, 0.5) is 5.69 Å². The van der Waals surface area contributed by atoms with Gasteiger partial charge in [-0.05, 0) is 42.3 Å². The Kier molecular flexibility index (Phi) is 6.70. The molecule has 0 radical (unpaired) electrons. The lowest BCUT2D eigenvalue weighted by molar-refractivity contribution is -0.120. The lowest BCUT2D eigenvalue weighted by Gasteiger charge is -2.10. The molecule has 2 N–H and O–H groups in total. The first-order valence-corrected chi connectivity index (χ1v) is 9.89. The van der Waals surface area contributed by atoms with Gasteiger partial charge in [0.25, 0.3) is 10.0 Å². The molecular formula is C17H18Cl2N2O3S. The van der Waals surface area contributed by atoms with Crippen LogP contribution in [0.1, 0.15) is 18.9 Å². The maximum atomic E-state index is 12.4. The third-order valence-electron chi connectivity index (χ3n) is 3.34. The Hall–Kier alpha value is -1.76. The van der Waals surface area contributed by atoms with Crippen LogP contribution in [0.15, 0.2) is 47.4 Å². The van der Waals surface area contributed by atoms with Gasteiger partial charge in [0, 0.05) is 12.2 Å². The van der Waals surface area contributed by atoms with E-state index in [1.807, 2.05) is 6.92 Å². The summed E-state index contributed by atoms with van der Waals surface area (Å²) in [7, 11) is -3.77. The molecule has 0 aromatic heterocycles. The average molecular weight is 401 g/mol. The third kappa shape index (κ3) is 5.63. The third-order valence-corrected chi connectivity index (χ3v) is 5.46. The summed E-state index contributed by atoms with van der Waals surface area (Å²) in [5.74, 6) is -0.0639. The molecule has 0 aliphatic heterocycles. The van der Waals surface area contributed by atoms with Gasteiger partial charge in [-0.2, -0.15) is 0 Å². The maximum Gasteiger partial charge on any atom is 0.261 e. The number of sulfonamides is 1. The molecule has 25 heavy (non-hydrogen) atoms. The monoisotopic (exact) mass is 400 g/mol. The number of benzene rings is 2. The van der Waals surface area contributed by atoms with Crippen LogP contribution in [0.5, 0.6) is 0 Å². The lowest BCUT2D eigenvalue weighted by Crippen LogP contribution is -2.25. The molecule has 0 aliphatic rings. The molecule has 0 bridgehead atoms. The largest absolute Gasteiger partial charge is 0.356 e. The van der Waals surface area contributed by atoms with E-state index in [0.29, 0.717) is 12.2 Å². The fourth-order valence-corrected chi connectivity index (χ4v) is 3.51. The molecule has 2 aromatic carbocycles. The molecule has 0 saturated carbocycles. The van der Waals surface area contributed by atoms with Gasteiger partial charge in [-0.25, -0.2) is 8.42 Å². The quantitative estimate of drug-likeness (QED) is 0.740. The van der Waals surface area contributed by atoms with Crippen molar-refractivity contribution < 1.29 is 13.2 Å². The predicted molar refractivity (Wildman–Crippen MR) is 101 cm³/mol. The van der Waals surface area contributed by atoms with Crippen LogP contribution < -0.4 is 10.0 Å². The van der Waals surface area contributed by atoms with E-state index in [-0.39, 0.29) is 27.3 Å². The molecule has 8 heteroatoms. The van der Waals surface area contributed by atoms with Gasteiger partial charge in [0.15, 0.2) is 0 Å². The van der Waals surface area contributed by atoms with Crippen molar-refractivity contribution in [1.82, 2.24) is 5.32 Å². The van der Waals surface area contributed by atoms with E-state index in [1.54, 1.807) is 24.3 Å². The standard InChI is InChI=1S/C17H18Cl2N2O3S/c1-2-9-20-17(22)10-12-3-5-13(6-4-12)21-25(23,24)14-7-8-15(18)16(19)11-14/h3-8,11,21H,2,9-10H2,1H3,(H,20,22). The second kappa shape index (κ2) is 8.56. The van der Waals surface area contributed by atoms with Crippen LogP contribution in [-0.2, 0) is 21.2 Å². The molecule has 1 amide bonds. The van der Waals surface area contributed by atoms with Crippen LogP contribution in [0, 0.1) is 0 Å². The minimum Gasteiger partial charge on any atom is -0.356 e. The highest BCUT2D eigenvalue weighted by Crippen LogP contribution is 2.26. The Balaban J connectivity index is 2.07. The zero-order valence-corrected chi connectivity index (χ0v) is 15.9. The minimum absolute atomic E-state index is 0.0184. The van der Waals surface area contributed by atoms with E-state index in [0.717, 1.165) is 12.0 Å². The summed E-state index contributed by atoms with van der Waals surface area (Å²) in [4.78, 5) is 11.7. The summed E-state index contributed by atoms with van der Waals surface area (Å²) in [6.07, 6.45) is 1.13. The van der Waals surface area contributed by atoms with E-state index in [9.17, 15) is 13.2 Å². The molecule has 0 atom stereocenters. The number of anilines is 1. The van der Waals surface area contributed by atoms with E-state index in [1.165, 1.54) is 18.2 Å². The van der Waals surface area contributed by atoms with Gasteiger partial charge >= 0.3 is 0 Å². The van der Waals surface area contributed by atoms with Crippen molar-refractivity contribution in [2.45, 2.75) is 24.7 Å². The number of halogens is 2. The fourth-order valence-electron chi connectivity index (χ4n) is 2.06. The first kappa shape index (κ1) is 19.6. The highest BCUT2D eigenvalue weighted by Gasteiger charge is 2.15. The molecule has 0 saturated heterocycles. The van der Waals surface area contributed by atoms with Crippen molar-refractivity contribution in [3.05, 3.63) is 58.1 Å². The van der Waals surface area contributed by atoms with Gasteiger partial charge in [0.1, 0.15) is 0 Å². The van der Waals surface area contributed by atoms with Crippen molar-refractivity contribution in [3.8, 4) is 0 Å². The summed E-state index contributed by atoms with van der Waals surface area (Å²) in [5, 5.41) is 3.24. The zero-order chi connectivity index (χ0) is 18.4. The van der Waals surface area contributed by atoms with Gasteiger partial charge in [0.05, 0.1) is 21.4 Å². The van der Waals surface area contributed by atoms with Gasteiger partial charge in [-0.3, -0.25) is 9.52 Å². The smallest absolute Gasteiger partial charge is 0.261 e. The predicted octanol–water partition coefficient (Wildman–Crippen LogP) is 3.86. The summed E-state index contributed by atoms with van der Waals surface area (Å²) in [6.45, 7) is 2.62. The van der Waals surface area contributed by atoms with Crippen molar-refractivity contribution in [2.75, 3.05) is 11.3 Å². The molecule has 2 rings (SSSR count). The van der Waals surface area contributed by atoms with Gasteiger partial charge in [-0.1, -0.05) is 42.3 Å². The molecular weight excluding hydrogens is 383 g/mol. The second-order valence-electron chi connectivity index (χ2n) is 5.41. The van der Waals surface area contributed by atoms with Gasteiger partial charge < -0.3 is 5.32 Å². The van der Waals surface area contributed by atoms with E-state index < -0.39 is 10.0 Å². The van der Waals surface area contributed by atoms with E-state index in [4.69, 9.17) is 23.2 Å². The molecule has 0 unspecified atom stereocenters. The summed E-state index contributed by atoms with van der Waals surface area (Å²) in [5.41, 5.74) is 1.19. The minimum atomic E-state index is -3.77. The lowest BCUT2D eigenvalue weighted by atomic mass is 10.1. The number of hydrogen-bond acceptors (Lipinski definition) is 3. The Bertz CT molecular complexity index is 853. The number of carbonyl (C=O) groups is 1. The second-order valence-corrected chi connectivity index (χ2v) is 7.90. The van der Waals surface area contributed by atoms with Gasteiger partial charge in [0.2, 0.25) is 5.91 Å². The molecule has 2 aromatic rings. The summed E-state index contributed by atoms with van der Waals surface area (Å²) < 4.78 is 27.2. The highest BCUT2D eigenvalue weighted by atomic mass is 35.5. The van der Waals surface area contributed by atoms with Gasteiger partial charge in [-0.15, -0.1) is 0 Å². The number of hydrogen-bond donors (Lipinski definition) is 2. The summed E-state index contributed by atoms with van der Waals surface area (Å²) in [6, 6.07) is 10.7. The topological polar surface area (TPSA) is 75.3 Å². The normalized spacial score (nSPS) is 11.2. The van der Waals surface area contributed by atoms with E-state index in [2.05, 4.69) is 10.0 Å². The molecule has 0 heterocycles. The maximum absolute atomic E-state index is 12.4. The molecule has 134 valence electrons. The zero-order valence-electron chi connectivity index (χ0n) is 13.6. The van der Waals surface area contributed by atoms with Crippen LogP contribution in [0.25, 0.3) is 0 Å². The van der Waals surface area contributed by atoms with Crippen LogP contribution in [0.2, 0.25) is 10.0 Å². The number of carbonyl (C=O) groups excluding carboxylic acids is 1. The van der Waals surface area contributed by atoms with E-state index >= 15 is 0 Å². The SMILES string of the molecule is CCCNC(=O)Cc1ccc(NS(=O)(=O)c2ccc(Cl)c(Cl)c2)cc1. The fraction of sp³-hybridized carbons (Fsp3) is 0.235. The Labute approximate surface area is 157 Å². The molecule has 0 spiro atoms. The number of rotatable bonds is 7. The van der Waals surface area contributed by atoms with Crippen molar-refractivity contribution in [1.29, 1.82) is 0 Å². The van der Waals surface area contributed by atoms with Crippen LogP contribution in [0.3, 0.4) is 0 Å². The molecule has 5 nitrogen and oxygen atoms in total. The molecule has 0 aliphatic carbocycles. The highest BCUT2D eigenvalue weighted by molar-refractivity contribution is 7.92. The number of amides is 1. The Morgan fingerprint density at radius 3 is 2.32 bits per heavy atom. The first-order chi connectivity index (χ1) is 11.8. The van der Waals surface area contributed by atoms with Crippen molar-refractivity contribution >= 4 is 44.8 Å².